The Morgan fingerprint density at radius 3 is 2.94 bits per heavy atom. The number of hydrogen-bond donors (Lipinski definition) is 1. The van der Waals surface area contributed by atoms with Gasteiger partial charge in [-0.3, -0.25) is 4.90 Å². The molecule has 0 spiro atoms. The number of rotatable bonds is 5. The molecule has 3 nitrogen and oxygen atoms in total. The molecule has 0 atom stereocenters. The number of hydrogen-bond acceptors (Lipinski definition) is 4. The second-order valence-electron chi connectivity index (χ2n) is 4.94. The largest absolute Gasteiger partial charge is 0.389 e. The number of nitrogens with two attached hydrogens (primary N) is 1. The van der Waals surface area contributed by atoms with Crippen LogP contribution in [0.2, 0.25) is 0 Å². The van der Waals surface area contributed by atoms with Gasteiger partial charge in [0.15, 0.2) is 0 Å². The van der Waals surface area contributed by atoms with Crippen LogP contribution in [0.5, 0.6) is 0 Å². The van der Waals surface area contributed by atoms with Crippen molar-refractivity contribution in [2.75, 3.05) is 18.8 Å². The van der Waals surface area contributed by atoms with Crippen molar-refractivity contribution in [2.45, 2.75) is 45.6 Å². The predicted molar refractivity (Wildman–Crippen MR) is 76.6 cm³/mol. The number of nitrogen functional groups attached to an aromatic ring is 1. The minimum absolute atomic E-state index is 0.704. The fraction of sp³-hybridized carbons (Fsp3) is 0.643. The second kappa shape index (κ2) is 6.21. The minimum Gasteiger partial charge on any atom is -0.389 e. The number of nitrogens with zero attached hydrogens (tertiary/aromatic N) is 2. The SMILES string of the molecule is CCCCCCN1CCc2c(sc(N)c2C#N)C1. The van der Waals surface area contributed by atoms with Crippen molar-refractivity contribution in [1.29, 1.82) is 5.26 Å². The van der Waals surface area contributed by atoms with Crippen molar-refractivity contribution in [3.63, 3.8) is 0 Å². The van der Waals surface area contributed by atoms with Gasteiger partial charge in [-0.1, -0.05) is 26.2 Å². The maximum Gasteiger partial charge on any atom is 0.104 e. The van der Waals surface area contributed by atoms with Crippen molar-refractivity contribution in [3.05, 3.63) is 16.0 Å². The molecule has 0 bridgehead atoms. The van der Waals surface area contributed by atoms with E-state index in [1.807, 2.05) is 0 Å². The molecular formula is C14H21N3S. The standard InChI is InChI=1S/C14H21N3S/c1-2-3-4-5-7-17-8-6-11-12(9-15)14(16)18-13(11)10-17/h2-8,10,16H2,1H3. The van der Waals surface area contributed by atoms with Crippen molar-refractivity contribution in [3.8, 4) is 6.07 Å². The smallest absolute Gasteiger partial charge is 0.104 e. The molecule has 98 valence electrons. The number of anilines is 1. The Kier molecular flexibility index (Phi) is 4.62. The van der Waals surface area contributed by atoms with E-state index < -0.39 is 0 Å². The van der Waals surface area contributed by atoms with E-state index >= 15 is 0 Å². The Labute approximate surface area is 113 Å². The van der Waals surface area contributed by atoms with Crippen LogP contribution in [0.25, 0.3) is 0 Å². The van der Waals surface area contributed by atoms with Crippen LogP contribution in [0.3, 0.4) is 0 Å². The van der Waals surface area contributed by atoms with Gasteiger partial charge >= 0.3 is 0 Å². The van der Waals surface area contributed by atoms with Crippen LogP contribution in [0.15, 0.2) is 0 Å². The van der Waals surface area contributed by atoms with Crippen molar-refractivity contribution >= 4 is 16.3 Å². The molecule has 18 heavy (non-hydrogen) atoms. The van der Waals surface area contributed by atoms with Crippen molar-refractivity contribution < 1.29 is 0 Å². The van der Waals surface area contributed by atoms with E-state index in [0.717, 1.165) is 25.1 Å². The summed E-state index contributed by atoms with van der Waals surface area (Å²) in [4.78, 5) is 3.81. The highest BCUT2D eigenvalue weighted by molar-refractivity contribution is 7.16. The summed E-state index contributed by atoms with van der Waals surface area (Å²) in [5.41, 5.74) is 7.84. The molecule has 0 amide bonds. The molecule has 0 fully saturated rings. The van der Waals surface area contributed by atoms with Crippen LogP contribution in [0.1, 0.15) is 48.6 Å². The van der Waals surface area contributed by atoms with E-state index in [2.05, 4.69) is 17.9 Å². The first-order valence-electron chi connectivity index (χ1n) is 6.78. The molecule has 1 aliphatic heterocycles. The second-order valence-corrected chi connectivity index (χ2v) is 6.08. The van der Waals surface area contributed by atoms with E-state index in [1.165, 1.54) is 42.7 Å². The minimum atomic E-state index is 0.704. The van der Waals surface area contributed by atoms with Gasteiger partial charge in [-0.2, -0.15) is 5.26 Å². The van der Waals surface area contributed by atoms with E-state index in [-0.39, 0.29) is 0 Å². The zero-order chi connectivity index (χ0) is 13.0. The van der Waals surface area contributed by atoms with Gasteiger partial charge in [0.1, 0.15) is 11.1 Å². The first-order chi connectivity index (χ1) is 8.76. The van der Waals surface area contributed by atoms with Gasteiger partial charge < -0.3 is 5.73 Å². The van der Waals surface area contributed by atoms with Crippen molar-refractivity contribution in [2.24, 2.45) is 0 Å². The topological polar surface area (TPSA) is 53.0 Å². The molecular weight excluding hydrogens is 242 g/mol. The van der Waals surface area contributed by atoms with E-state index in [1.54, 1.807) is 11.3 Å². The molecule has 0 radical (unpaired) electrons. The number of unbranched alkanes of at least 4 members (excludes halogenated alkanes) is 3. The Bertz CT molecular complexity index is 445. The zero-order valence-electron chi connectivity index (χ0n) is 11.0. The molecule has 1 aromatic heterocycles. The molecule has 2 N–H and O–H groups in total. The summed E-state index contributed by atoms with van der Waals surface area (Å²) in [6, 6.07) is 2.25. The van der Waals surface area contributed by atoms with E-state index in [4.69, 9.17) is 11.0 Å². The first-order valence-corrected chi connectivity index (χ1v) is 7.60. The normalized spacial score (nSPS) is 15.3. The summed E-state index contributed by atoms with van der Waals surface area (Å²) in [6.07, 6.45) is 6.23. The molecule has 0 saturated heterocycles. The summed E-state index contributed by atoms with van der Waals surface area (Å²) in [5, 5.41) is 9.80. The third kappa shape index (κ3) is 2.85. The average Bonchev–Trinajstić information content (AvgIpc) is 2.69. The molecule has 0 aliphatic carbocycles. The summed E-state index contributed by atoms with van der Waals surface area (Å²) in [5.74, 6) is 0. The number of thiophene rings is 1. The fourth-order valence-electron chi connectivity index (χ4n) is 2.55. The molecule has 4 heteroatoms. The lowest BCUT2D eigenvalue weighted by Crippen LogP contribution is -2.30. The Hall–Kier alpha value is -1.05. The molecule has 0 unspecified atom stereocenters. The Morgan fingerprint density at radius 1 is 1.39 bits per heavy atom. The van der Waals surface area contributed by atoms with Crippen LogP contribution >= 0.6 is 11.3 Å². The lowest BCUT2D eigenvalue weighted by Gasteiger charge is -2.26. The lowest BCUT2D eigenvalue weighted by atomic mass is 10.0. The molecule has 2 heterocycles. The van der Waals surface area contributed by atoms with Crippen LogP contribution in [0.4, 0.5) is 5.00 Å². The third-order valence-electron chi connectivity index (χ3n) is 3.60. The van der Waals surface area contributed by atoms with Crippen LogP contribution < -0.4 is 5.73 Å². The van der Waals surface area contributed by atoms with Gasteiger partial charge in [0.25, 0.3) is 0 Å². The number of fused-ring (bicyclic) bond motifs is 1. The molecule has 1 aliphatic rings. The summed E-state index contributed by atoms with van der Waals surface area (Å²) >= 11 is 1.60. The van der Waals surface area contributed by atoms with Gasteiger partial charge in [-0.25, -0.2) is 0 Å². The third-order valence-corrected chi connectivity index (χ3v) is 4.65. The monoisotopic (exact) mass is 263 g/mol. The number of nitriles is 1. The van der Waals surface area contributed by atoms with Gasteiger partial charge in [0.05, 0.1) is 5.56 Å². The molecule has 2 rings (SSSR count). The summed E-state index contributed by atoms with van der Waals surface area (Å²) < 4.78 is 0. The van der Waals surface area contributed by atoms with Gasteiger partial charge in [-0.05, 0) is 24.9 Å². The highest BCUT2D eigenvalue weighted by Gasteiger charge is 2.22. The van der Waals surface area contributed by atoms with E-state index in [9.17, 15) is 0 Å². The highest BCUT2D eigenvalue weighted by Crippen LogP contribution is 2.34. The Morgan fingerprint density at radius 2 is 2.22 bits per heavy atom. The van der Waals surface area contributed by atoms with Crippen LogP contribution in [-0.2, 0) is 13.0 Å². The van der Waals surface area contributed by atoms with E-state index in [0.29, 0.717) is 5.00 Å². The van der Waals surface area contributed by atoms with Gasteiger partial charge in [0.2, 0.25) is 0 Å². The Balaban J connectivity index is 1.92. The fourth-order valence-corrected chi connectivity index (χ4v) is 3.66. The maximum atomic E-state index is 9.09. The highest BCUT2D eigenvalue weighted by atomic mass is 32.1. The summed E-state index contributed by atoms with van der Waals surface area (Å²) in [6.45, 7) is 5.48. The molecule has 1 aromatic rings. The zero-order valence-corrected chi connectivity index (χ0v) is 11.9. The van der Waals surface area contributed by atoms with Gasteiger partial charge in [-0.15, -0.1) is 11.3 Å². The first kappa shape index (κ1) is 13.4. The van der Waals surface area contributed by atoms with Crippen molar-refractivity contribution in [1.82, 2.24) is 4.90 Å². The maximum absolute atomic E-state index is 9.09. The van der Waals surface area contributed by atoms with Crippen LogP contribution in [0, 0.1) is 11.3 Å². The average molecular weight is 263 g/mol. The quantitative estimate of drug-likeness (QED) is 0.830. The van der Waals surface area contributed by atoms with Gasteiger partial charge in [0, 0.05) is 18.0 Å². The predicted octanol–water partition coefficient (Wildman–Crippen LogP) is 3.14. The molecule has 0 saturated carbocycles. The summed E-state index contributed by atoms with van der Waals surface area (Å²) in [7, 11) is 0. The van der Waals surface area contributed by atoms with Crippen LogP contribution in [-0.4, -0.2) is 18.0 Å². The lowest BCUT2D eigenvalue weighted by molar-refractivity contribution is 0.251. The molecule has 0 aromatic carbocycles.